The number of nitrogens with zero attached hydrogens (tertiary/aromatic N) is 1. The van der Waals surface area contributed by atoms with Gasteiger partial charge in [0.25, 0.3) is 5.91 Å². The summed E-state index contributed by atoms with van der Waals surface area (Å²) >= 11 is 12.3. The lowest BCUT2D eigenvalue weighted by Gasteiger charge is -2.26. The van der Waals surface area contributed by atoms with Crippen molar-refractivity contribution in [1.29, 1.82) is 0 Å². The number of halogens is 2. The Kier molecular flexibility index (Phi) is 8.10. The third-order valence-electron chi connectivity index (χ3n) is 4.96. The molecule has 0 aliphatic carbocycles. The Morgan fingerprint density at radius 2 is 1.55 bits per heavy atom. The van der Waals surface area contributed by atoms with E-state index in [1.54, 1.807) is 23.1 Å². The number of amides is 1. The molecule has 0 saturated heterocycles. The first-order valence-electron chi connectivity index (χ1n) is 10.1. The van der Waals surface area contributed by atoms with E-state index in [9.17, 15) is 9.59 Å². The van der Waals surface area contributed by atoms with Crippen LogP contribution in [0.3, 0.4) is 0 Å². The van der Waals surface area contributed by atoms with Crippen LogP contribution < -0.4 is 4.90 Å². The molecule has 0 spiro atoms. The van der Waals surface area contributed by atoms with Gasteiger partial charge in [-0.1, -0.05) is 78.2 Å². The summed E-state index contributed by atoms with van der Waals surface area (Å²) in [5.74, 6) is -1.03. The van der Waals surface area contributed by atoms with Crippen LogP contribution in [0.2, 0.25) is 10.0 Å². The number of carboxylic acids is 1. The van der Waals surface area contributed by atoms with E-state index in [1.165, 1.54) is 0 Å². The molecule has 160 valence electrons. The largest absolute Gasteiger partial charge is 0.481 e. The van der Waals surface area contributed by atoms with Crippen molar-refractivity contribution in [3.05, 3.63) is 88.4 Å². The predicted octanol–water partition coefficient (Wildman–Crippen LogP) is 6.95. The van der Waals surface area contributed by atoms with Gasteiger partial charge in [-0.3, -0.25) is 9.59 Å². The van der Waals surface area contributed by atoms with E-state index in [1.807, 2.05) is 54.6 Å². The number of hydrogen-bond donors (Lipinski definition) is 1. The summed E-state index contributed by atoms with van der Waals surface area (Å²) in [7, 11) is 0. The molecule has 6 heteroatoms. The van der Waals surface area contributed by atoms with Crippen LogP contribution in [0.5, 0.6) is 0 Å². The minimum Gasteiger partial charge on any atom is -0.481 e. The number of unbranched alkanes of at least 4 members (excludes halogenated alkanes) is 2. The maximum Gasteiger partial charge on any atom is 0.303 e. The topological polar surface area (TPSA) is 57.6 Å². The summed E-state index contributed by atoms with van der Waals surface area (Å²) in [6.07, 6.45) is 2.07. The van der Waals surface area contributed by atoms with Gasteiger partial charge in [0.1, 0.15) is 0 Å². The predicted molar refractivity (Wildman–Crippen MR) is 126 cm³/mol. The van der Waals surface area contributed by atoms with Crippen LogP contribution in [0.1, 0.15) is 36.0 Å². The van der Waals surface area contributed by atoms with Crippen LogP contribution in [0.25, 0.3) is 11.1 Å². The number of anilines is 1. The number of aliphatic carboxylic acids is 1. The van der Waals surface area contributed by atoms with Crippen molar-refractivity contribution in [2.45, 2.75) is 25.7 Å². The van der Waals surface area contributed by atoms with Gasteiger partial charge in [-0.05, 0) is 42.7 Å². The van der Waals surface area contributed by atoms with Crippen molar-refractivity contribution in [2.24, 2.45) is 0 Å². The number of carbonyl (C=O) groups excluding carboxylic acids is 1. The van der Waals surface area contributed by atoms with E-state index in [-0.39, 0.29) is 12.3 Å². The second kappa shape index (κ2) is 11.0. The first-order valence-corrected chi connectivity index (χ1v) is 10.9. The number of carbonyl (C=O) groups is 2. The zero-order valence-corrected chi connectivity index (χ0v) is 18.4. The molecule has 0 fully saturated rings. The minimum absolute atomic E-state index is 0.123. The molecule has 3 aromatic rings. The monoisotopic (exact) mass is 455 g/mol. The Morgan fingerprint density at radius 1 is 0.839 bits per heavy atom. The number of rotatable bonds is 9. The summed E-state index contributed by atoms with van der Waals surface area (Å²) in [6.45, 7) is 0.446. The summed E-state index contributed by atoms with van der Waals surface area (Å²) < 4.78 is 0. The molecule has 0 heterocycles. The van der Waals surface area contributed by atoms with Crippen LogP contribution in [-0.2, 0) is 4.79 Å². The molecule has 0 aliphatic rings. The van der Waals surface area contributed by atoms with Crippen molar-refractivity contribution in [3.8, 4) is 11.1 Å². The first kappa shape index (κ1) is 22.9. The average molecular weight is 456 g/mol. The zero-order valence-electron chi connectivity index (χ0n) is 16.9. The normalized spacial score (nSPS) is 10.6. The Morgan fingerprint density at radius 3 is 2.26 bits per heavy atom. The molecule has 1 N–H and O–H groups in total. The van der Waals surface area contributed by atoms with Gasteiger partial charge in [-0.15, -0.1) is 0 Å². The second-order valence-electron chi connectivity index (χ2n) is 7.17. The fourth-order valence-electron chi connectivity index (χ4n) is 3.43. The van der Waals surface area contributed by atoms with Crippen LogP contribution in [0.4, 0.5) is 5.69 Å². The summed E-state index contributed by atoms with van der Waals surface area (Å²) in [5, 5.41) is 9.62. The third-order valence-corrected chi connectivity index (χ3v) is 5.51. The molecule has 0 atom stereocenters. The maximum absolute atomic E-state index is 13.5. The average Bonchev–Trinajstić information content (AvgIpc) is 2.76. The van der Waals surface area contributed by atoms with Crippen molar-refractivity contribution in [1.82, 2.24) is 0 Å². The van der Waals surface area contributed by atoms with Crippen molar-refractivity contribution in [3.63, 3.8) is 0 Å². The van der Waals surface area contributed by atoms with Crippen LogP contribution >= 0.6 is 23.2 Å². The van der Waals surface area contributed by atoms with Crippen LogP contribution in [0, 0.1) is 0 Å². The fourth-order valence-corrected chi connectivity index (χ4v) is 3.92. The van der Waals surface area contributed by atoms with Gasteiger partial charge in [-0.2, -0.15) is 0 Å². The van der Waals surface area contributed by atoms with Crippen LogP contribution in [-0.4, -0.2) is 23.5 Å². The van der Waals surface area contributed by atoms with E-state index in [4.69, 9.17) is 28.3 Å². The quantitative estimate of drug-likeness (QED) is 0.355. The van der Waals surface area contributed by atoms with E-state index >= 15 is 0 Å². The van der Waals surface area contributed by atoms with E-state index in [2.05, 4.69) is 0 Å². The molecule has 1 amide bonds. The smallest absolute Gasteiger partial charge is 0.303 e. The molecular formula is C25H23Cl2NO3. The van der Waals surface area contributed by atoms with Crippen molar-refractivity contribution in [2.75, 3.05) is 11.4 Å². The van der Waals surface area contributed by atoms with Gasteiger partial charge >= 0.3 is 5.97 Å². The lowest BCUT2D eigenvalue weighted by molar-refractivity contribution is -0.137. The summed E-state index contributed by atoms with van der Waals surface area (Å²) in [6, 6.07) is 22.5. The number of benzene rings is 3. The van der Waals surface area contributed by atoms with Gasteiger partial charge < -0.3 is 10.0 Å². The molecule has 0 aliphatic heterocycles. The molecular weight excluding hydrogens is 433 g/mol. The molecule has 0 bridgehead atoms. The fraction of sp³-hybridized carbons (Fsp3) is 0.200. The lowest BCUT2D eigenvalue weighted by Crippen LogP contribution is -2.32. The molecule has 0 saturated carbocycles. The maximum atomic E-state index is 13.5. The number of hydrogen-bond acceptors (Lipinski definition) is 2. The molecule has 0 unspecified atom stereocenters. The van der Waals surface area contributed by atoms with Gasteiger partial charge in [0.05, 0.1) is 16.3 Å². The van der Waals surface area contributed by atoms with Crippen molar-refractivity contribution >= 4 is 40.8 Å². The highest BCUT2D eigenvalue weighted by molar-refractivity contribution is 6.37. The molecule has 3 rings (SSSR count). The standard InChI is InChI=1S/C25H23Cl2NO3/c26-19-14-15-21(22(27)17-19)25(31)28(16-8-2-5-13-24(29)30)23-12-7-6-11-20(23)18-9-3-1-4-10-18/h1,3-4,6-7,9-12,14-15,17H,2,5,8,13,16H2,(H,29,30). The van der Waals surface area contributed by atoms with E-state index in [0.717, 1.165) is 16.8 Å². The molecule has 4 nitrogen and oxygen atoms in total. The molecule has 31 heavy (non-hydrogen) atoms. The van der Waals surface area contributed by atoms with E-state index in [0.29, 0.717) is 41.4 Å². The second-order valence-corrected chi connectivity index (χ2v) is 8.01. The highest BCUT2D eigenvalue weighted by Gasteiger charge is 2.22. The number of carboxylic acid groups (broad SMARTS) is 1. The highest BCUT2D eigenvalue weighted by Crippen LogP contribution is 2.33. The summed E-state index contributed by atoms with van der Waals surface area (Å²) in [4.78, 5) is 26.0. The SMILES string of the molecule is O=C(O)CCCCCN(C(=O)c1ccc(Cl)cc1Cl)c1ccccc1-c1ccccc1. The Labute approximate surface area is 192 Å². The molecule has 0 radical (unpaired) electrons. The molecule has 0 aromatic heterocycles. The highest BCUT2D eigenvalue weighted by atomic mass is 35.5. The third kappa shape index (κ3) is 6.09. The number of para-hydroxylation sites is 1. The van der Waals surface area contributed by atoms with Crippen molar-refractivity contribution < 1.29 is 14.7 Å². The van der Waals surface area contributed by atoms with Gasteiger partial charge in [0, 0.05) is 23.6 Å². The van der Waals surface area contributed by atoms with Gasteiger partial charge in [0.15, 0.2) is 0 Å². The lowest BCUT2D eigenvalue weighted by atomic mass is 10.0. The first-order chi connectivity index (χ1) is 15.0. The minimum atomic E-state index is -0.810. The van der Waals surface area contributed by atoms with E-state index < -0.39 is 5.97 Å². The zero-order chi connectivity index (χ0) is 22.2. The van der Waals surface area contributed by atoms with Crippen LogP contribution in [0.15, 0.2) is 72.8 Å². The Bertz CT molecular complexity index is 1050. The van der Waals surface area contributed by atoms with Gasteiger partial charge in [0.2, 0.25) is 0 Å². The Balaban J connectivity index is 1.95. The Hall–Kier alpha value is -2.82. The summed E-state index contributed by atoms with van der Waals surface area (Å²) in [5.41, 5.74) is 3.10. The van der Waals surface area contributed by atoms with Gasteiger partial charge in [-0.25, -0.2) is 0 Å². The molecule has 3 aromatic carbocycles.